The second-order valence-electron chi connectivity index (χ2n) is 6.81. The van der Waals surface area contributed by atoms with Crippen LogP contribution in [0.15, 0.2) is 54.6 Å². The van der Waals surface area contributed by atoms with Gasteiger partial charge in [-0.2, -0.15) is 13.2 Å². The van der Waals surface area contributed by atoms with Crippen molar-refractivity contribution in [1.29, 1.82) is 0 Å². The Morgan fingerprint density at radius 1 is 1.00 bits per heavy atom. The molecular formula is C22H21F3N2O. The fourth-order valence-corrected chi connectivity index (χ4v) is 3.37. The van der Waals surface area contributed by atoms with Gasteiger partial charge in [0.25, 0.3) is 5.91 Å². The molecule has 6 heteroatoms. The molecule has 28 heavy (non-hydrogen) atoms. The molecule has 1 aromatic heterocycles. The zero-order valence-electron chi connectivity index (χ0n) is 15.9. The third-order valence-electron chi connectivity index (χ3n) is 4.66. The summed E-state index contributed by atoms with van der Waals surface area (Å²) in [6, 6.07) is 14.8. The summed E-state index contributed by atoms with van der Waals surface area (Å²) in [5.41, 5.74) is 2.73. The molecule has 0 saturated heterocycles. The number of benzene rings is 2. The monoisotopic (exact) mass is 386 g/mol. The minimum atomic E-state index is -4.48. The first kappa shape index (κ1) is 19.7. The van der Waals surface area contributed by atoms with Crippen LogP contribution in [0, 0.1) is 20.8 Å². The maximum atomic E-state index is 13.4. The van der Waals surface area contributed by atoms with E-state index in [4.69, 9.17) is 0 Å². The minimum Gasteiger partial charge on any atom is -0.348 e. The SMILES string of the molecule is Cc1cccc(CNC(=O)c2cc(C)n(-c3ccccc3C(F)(F)F)c2C)c1. The van der Waals surface area contributed by atoms with Gasteiger partial charge in [0.05, 0.1) is 16.8 Å². The summed E-state index contributed by atoms with van der Waals surface area (Å²) < 4.78 is 41.7. The van der Waals surface area contributed by atoms with Crippen molar-refractivity contribution < 1.29 is 18.0 Å². The summed E-state index contributed by atoms with van der Waals surface area (Å²) in [4.78, 5) is 12.7. The summed E-state index contributed by atoms with van der Waals surface area (Å²) in [6.45, 7) is 5.67. The van der Waals surface area contributed by atoms with E-state index in [1.807, 2.05) is 31.2 Å². The Morgan fingerprint density at radius 3 is 2.39 bits per heavy atom. The number of aryl methyl sites for hydroxylation is 2. The van der Waals surface area contributed by atoms with Gasteiger partial charge in [-0.3, -0.25) is 4.79 Å². The van der Waals surface area contributed by atoms with Gasteiger partial charge in [-0.25, -0.2) is 0 Å². The van der Waals surface area contributed by atoms with Crippen LogP contribution >= 0.6 is 0 Å². The summed E-state index contributed by atoms with van der Waals surface area (Å²) in [6.07, 6.45) is -4.48. The number of nitrogens with one attached hydrogen (secondary N) is 1. The fourth-order valence-electron chi connectivity index (χ4n) is 3.37. The maximum Gasteiger partial charge on any atom is 0.418 e. The van der Waals surface area contributed by atoms with Gasteiger partial charge in [-0.15, -0.1) is 0 Å². The fraction of sp³-hybridized carbons (Fsp3) is 0.227. The first-order valence-electron chi connectivity index (χ1n) is 8.88. The molecule has 1 N–H and O–H groups in total. The Morgan fingerprint density at radius 2 is 1.71 bits per heavy atom. The van der Waals surface area contributed by atoms with Crippen molar-refractivity contribution in [2.24, 2.45) is 0 Å². The molecule has 146 valence electrons. The van der Waals surface area contributed by atoms with Crippen molar-refractivity contribution in [3.8, 4) is 5.69 Å². The highest BCUT2D eigenvalue weighted by atomic mass is 19.4. The van der Waals surface area contributed by atoms with Gasteiger partial charge in [-0.1, -0.05) is 42.0 Å². The van der Waals surface area contributed by atoms with E-state index in [-0.39, 0.29) is 11.6 Å². The highest BCUT2D eigenvalue weighted by Crippen LogP contribution is 2.35. The number of nitrogens with zero attached hydrogens (tertiary/aromatic N) is 1. The molecule has 2 aromatic carbocycles. The van der Waals surface area contributed by atoms with Gasteiger partial charge < -0.3 is 9.88 Å². The number of hydrogen-bond acceptors (Lipinski definition) is 1. The molecule has 0 unspecified atom stereocenters. The molecule has 0 aliphatic rings. The number of hydrogen-bond donors (Lipinski definition) is 1. The van der Waals surface area contributed by atoms with Crippen LogP contribution in [-0.2, 0) is 12.7 Å². The normalized spacial score (nSPS) is 11.5. The van der Waals surface area contributed by atoms with Gasteiger partial charge >= 0.3 is 6.18 Å². The predicted molar refractivity (Wildman–Crippen MR) is 103 cm³/mol. The smallest absolute Gasteiger partial charge is 0.348 e. The van der Waals surface area contributed by atoms with Gasteiger partial charge in [0.2, 0.25) is 0 Å². The molecular weight excluding hydrogens is 365 g/mol. The van der Waals surface area contributed by atoms with Crippen LogP contribution in [0.2, 0.25) is 0 Å². The quantitative estimate of drug-likeness (QED) is 0.644. The molecule has 3 nitrogen and oxygen atoms in total. The lowest BCUT2D eigenvalue weighted by atomic mass is 10.1. The molecule has 1 amide bonds. The van der Waals surface area contributed by atoms with Crippen LogP contribution in [0.4, 0.5) is 13.2 Å². The third kappa shape index (κ3) is 3.96. The molecule has 0 radical (unpaired) electrons. The standard InChI is InChI=1S/C22H21F3N2O/c1-14-7-6-8-17(11-14)13-26-21(28)18-12-15(2)27(16(18)3)20-10-5-4-9-19(20)22(23,24)25/h4-12H,13H2,1-3H3,(H,26,28). The lowest BCUT2D eigenvalue weighted by molar-refractivity contribution is -0.137. The zero-order valence-corrected chi connectivity index (χ0v) is 15.9. The van der Waals surface area contributed by atoms with Gasteiger partial charge in [-0.05, 0) is 44.5 Å². The van der Waals surface area contributed by atoms with E-state index >= 15 is 0 Å². The molecule has 0 spiro atoms. The van der Waals surface area contributed by atoms with Crippen LogP contribution in [0.1, 0.15) is 38.4 Å². The van der Waals surface area contributed by atoms with E-state index < -0.39 is 11.7 Å². The molecule has 0 aliphatic carbocycles. The summed E-state index contributed by atoms with van der Waals surface area (Å²) >= 11 is 0. The number of alkyl halides is 3. The topological polar surface area (TPSA) is 34.0 Å². The van der Waals surface area contributed by atoms with Crippen molar-refractivity contribution in [1.82, 2.24) is 9.88 Å². The average Bonchev–Trinajstić information content (AvgIpc) is 2.93. The van der Waals surface area contributed by atoms with Gasteiger partial charge in [0.1, 0.15) is 0 Å². The number of carbonyl (C=O) groups is 1. The molecule has 0 atom stereocenters. The highest BCUT2D eigenvalue weighted by molar-refractivity contribution is 5.95. The number of para-hydroxylation sites is 1. The Hall–Kier alpha value is -3.02. The molecule has 0 saturated carbocycles. The predicted octanol–water partition coefficient (Wildman–Crippen LogP) is 5.35. The van der Waals surface area contributed by atoms with E-state index in [9.17, 15) is 18.0 Å². The number of aromatic nitrogens is 1. The average molecular weight is 386 g/mol. The van der Waals surface area contributed by atoms with Crippen molar-refractivity contribution in [3.63, 3.8) is 0 Å². The first-order chi connectivity index (χ1) is 13.2. The van der Waals surface area contributed by atoms with E-state index in [1.165, 1.54) is 16.7 Å². The number of amides is 1. The zero-order chi connectivity index (χ0) is 20.5. The number of halogens is 3. The first-order valence-corrected chi connectivity index (χ1v) is 8.88. The van der Waals surface area contributed by atoms with Gasteiger partial charge in [0.15, 0.2) is 0 Å². The van der Waals surface area contributed by atoms with Crippen molar-refractivity contribution in [2.45, 2.75) is 33.5 Å². The Labute approximate surface area is 161 Å². The molecule has 0 aliphatic heterocycles. The van der Waals surface area contributed by atoms with E-state index in [0.29, 0.717) is 23.5 Å². The van der Waals surface area contributed by atoms with E-state index in [0.717, 1.165) is 17.2 Å². The Balaban J connectivity index is 1.92. The van der Waals surface area contributed by atoms with Crippen LogP contribution in [0.5, 0.6) is 0 Å². The van der Waals surface area contributed by atoms with Crippen molar-refractivity contribution in [3.05, 3.63) is 88.2 Å². The van der Waals surface area contributed by atoms with Crippen LogP contribution in [0.3, 0.4) is 0 Å². The summed E-state index contributed by atoms with van der Waals surface area (Å²) in [5.74, 6) is -0.314. The second-order valence-corrected chi connectivity index (χ2v) is 6.81. The molecule has 3 rings (SSSR count). The number of rotatable bonds is 4. The van der Waals surface area contributed by atoms with Crippen LogP contribution < -0.4 is 5.32 Å². The summed E-state index contributed by atoms with van der Waals surface area (Å²) in [7, 11) is 0. The minimum absolute atomic E-state index is 0.0164. The second kappa shape index (κ2) is 7.54. The molecule has 0 bridgehead atoms. The van der Waals surface area contributed by atoms with Crippen molar-refractivity contribution >= 4 is 5.91 Å². The third-order valence-corrected chi connectivity index (χ3v) is 4.66. The van der Waals surface area contributed by atoms with Gasteiger partial charge in [0, 0.05) is 17.9 Å². The van der Waals surface area contributed by atoms with E-state index in [1.54, 1.807) is 26.0 Å². The summed E-state index contributed by atoms with van der Waals surface area (Å²) in [5, 5.41) is 2.85. The lowest BCUT2D eigenvalue weighted by Gasteiger charge is -2.16. The largest absolute Gasteiger partial charge is 0.418 e. The maximum absolute atomic E-state index is 13.4. The Kier molecular flexibility index (Phi) is 5.31. The Bertz CT molecular complexity index is 1020. The number of carbonyl (C=O) groups excluding carboxylic acids is 1. The van der Waals surface area contributed by atoms with E-state index in [2.05, 4.69) is 5.32 Å². The highest BCUT2D eigenvalue weighted by Gasteiger charge is 2.34. The van der Waals surface area contributed by atoms with Crippen LogP contribution in [-0.4, -0.2) is 10.5 Å². The molecule has 0 fully saturated rings. The molecule has 1 heterocycles. The lowest BCUT2D eigenvalue weighted by Crippen LogP contribution is -2.23. The molecule has 3 aromatic rings. The van der Waals surface area contributed by atoms with Crippen molar-refractivity contribution in [2.75, 3.05) is 0 Å². The van der Waals surface area contributed by atoms with Crippen LogP contribution in [0.25, 0.3) is 5.69 Å².